The van der Waals surface area contributed by atoms with Crippen molar-refractivity contribution in [2.75, 3.05) is 19.7 Å². The van der Waals surface area contributed by atoms with Crippen LogP contribution in [0.3, 0.4) is 0 Å². The van der Waals surface area contributed by atoms with Crippen molar-refractivity contribution < 1.29 is 14.3 Å². The zero-order valence-electron chi connectivity index (χ0n) is 13.0. The van der Waals surface area contributed by atoms with Crippen LogP contribution < -0.4 is 5.73 Å². The lowest BCUT2D eigenvalue weighted by Gasteiger charge is -2.33. The van der Waals surface area contributed by atoms with Gasteiger partial charge in [0, 0.05) is 31.3 Å². The quantitative estimate of drug-likeness (QED) is 0.810. The van der Waals surface area contributed by atoms with Crippen LogP contribution in [0.15, 0.2) is 17.5 Å². The number of thiophene rings is 1. The molecule has 0 bridgehead atoms. The van der Waals surface area contributed by atoms with Crippen LogP contribution in [0.25, 0.3) is 0 Å². The summed E-state index contributed by atoms with van der Waals surface area (Å²) in [5.41, 5.74) is 6.05. The molecule has 2 N–H and O–H groups in total. The number of carbonyl (C=O) groups excluding carboxylic acids is 2. The summed E-state index contributed by atoms with van der Waals surface area (Å²) in [5.74, 6) is 0.343. The zero-order valence-corrected chi connectivity index (χ0v) is 13.8. The van der Waals surface area contributed by atoms with E-state index in [2.05, 4.69) is 0 Å². The van der Waals surface area contributed by atoms with Gasteiger partial charge < -0.3 is 15.4 Å². The number of esters is 1. The molecule has 0 aromatic carbocycles. The van der Waals surface area contributed by atoms with E-state index < -0.39 is 6.04 Å². The van der Waals surface area contributed by atoms with Crippen LogP contribution in [0.2, 0.25) is 0 Å². The van der Waals surface area contributed by atoms with Gasteiger partial charge >= 0.3 is 5.97 Å². The first-order valence-electron chi connectivity index (χ1n) is 7.76. The summed E-state index contributed by atoms with van der Waals surface area (Å²) in [5, 5.41) is 2.00. The highest BCUT2D eigenvalue weighted by atomic mass is 32.1. The van der Waals surface area contributed by atoms with E-state index >= 15 is 0 Å². The standard InChI is InChI=1S/C16H24N2O3S/c1-12(19)21-9-6-13-4-7-18(8-5-13)16(20)15(17)11-14-3-2-10-22-14/h2-3,10,13,15H,4-9,11,17H2,1H3. The van der Waals surface area contributed by atoms with Crippen LogP contribution in [0.1, 0.15) is 31.1 Å². The van der Waals surface area contributed by atoms with Crippen LogP contribution in [0.4, 0.5) is 0 Å². The SMILES string of the molecule is CC(=O)OCCC1CCN(C(=O)C(N)Cc2cccs2)CC1. The molecule has 1 aromatic rings. The fourth-order valence-corrected chi connectivity index (χ4v) is 3.54. The maximum absolute atomic E-state index is 12.4. The number of nitrogens with two attached hydrogens (primary N) is 1. The Morgan fingerprint density at radius 3 is 2.77 bits per heavy atom. The maximum Gasteiger partial charge on any atom is 0.302 e. The molecule has 2 heterocycles. The largest absolute Gasteiger partial charge is 0.466 e. The molecule has 0 saturated carbocycles. The summed E-state index contributed by atoms with van der Waals surface area (Å²) < 4.78 is 4.98. The lowest BCUT2D eigenvalue weighted by molar-refractivity contribution is -0.141. The molecule has 1 saturated heterocycles. The number of amides is 1. The Kier molecular flexibility index (Phi) is 6.39. The van der Waals surface area contributed by atoms with Crippen LogP contribution in [0, 0.1) is 5.92 Å². The molecule has 1 aliphatic rings. The van der Waals surface area contributed by atoms with Gasteiger partial charge in [0.15, 0.2) is 0 Å². The highest BCUT2D eigenvalue weighted by molar-refractivity contribution is 7.09. The van der Waals surface area contributed by atoms with E-state index in [0.717, 1.165) is 37.2 Å². The highest BCUT2D eigenvalue weighted by Gasteiger charge is 2.26. The van der Waals surface area contributed by atoms with E-state index in [1.165, 1.54) is 6.92 Å². The third-order valence-corrected chi connectivity index (χ3v) is 4.97. The van der Waals surface area contributed by atoms with Gasteiger partial charge in [-0.1, -0.05) is 6.07 Å². The van der Waals surface area contributed by atoms with Crippen molar-refractivity contribution in [3.63, 3.8) is 0 Å². The van der Waals surface area contributed by atoms with Gasteiger partial charge in [0.1, 0.15) is 0 Å². The highest BCUT2D eigenvalue weighted by Crippen LogP contribution is 2.21. The molecule has 0 spiro atoms. The summed E-state index contributed by atoms with van der Waals surface area (Å²) in [7, 11) is 0. The van der Waals surface area contributed by atoms with Crippen molar-refractivity contribution in [1.82, 2.24) is 4.90 Å². The Hall–Kier alpha value is -1.40. The van der Waals surface area contributed by atoms with Crippen LogP contribution >= 0.6 is 11.3 Å². The molecular formula is C16H24N2O3S. The van der Waals surface area contributed by atoms with Gasteiger partial charge in [-0.3, -0.25) is 9.59 Å². The molecule has 5 nitrogen and oxygen atoms in total. The number of nitrogens with zero attached hydrogens (tertiary/aromatic N) is 1. The van der Waals surface area contributed by atoms with Crippen molar-refractivity contribution in [1.29, 1.82) is 0 Å². The van der Waals surface area contributed by atoms with Gasteiger partial charge in [-0.2, -0.15) is 0 Å². The molecule has 122 valence electrons. The molecule has 2 rings (SSSR count). The second-order valence-corrected chi connectivity index (χ2v) is 6.82. The predicted molar refractivity (Wildman–Crippen MR) is 86.6 cm³/mol. The van der Waals surface area contributed by atoms with Crippen molar-refractivity contribution >= 4 is 23.2 Å². The number of likely N-dealkylation sites (tertiary alicyclic amines) is 1. The molecule has 1 atom stereocenters. The Balaban J connectivity index is 1.71. The normalized spacial score (nSPS) is 17.3. The average molecular weight is 324 g/mol. The van der Waals surface area contributed by atoms with Crippen LogP contribution in [-0.4, -0.2) is 42.5 Å². The Morgan fingerprint density at radius 1 is 1.45 bits per heavy atom. The summed E-state index contributed by atoms with van der Waals surface area (Å²) >= 11 is 1.63. The number of hydrogen-bond acceptors (Lipinski definition) is 5. The Morgan fingerprint density at radius 2 is 2.18 bits per heavy atom. The monoisotopic (exact) mass is 324 g/mol. The number of carbonyl (C=O) groups is 2. The third kappa shape index (κ3) is 5.10. The van der Waals surface area contributed by atoms with Gasteiger partial charge in [0.05, 0.1) is 12.6 Å². The fourth-order valence-electron chi connectivity index (χ4n) is 2.78. The number of rotatable bonds is 6. The molecular weight excluding hydrogens is 300 g/mol. The van der Waals surface area contributed by atoms with Crippen LogP contribution in [0.5, 0.6) is 0 Å². The predicted octanol–water partition coefficient (Wildman–Crippen LogP) is 1.81. The summed E-state index contributed by atoms with van der Waals surface area (Å²) in [6.07, 6.45) is 3.41. The summed E-state index contributed by atoms with van der Waals surface area (Å²) in [6.45, 7) is 3.41. The molecule has 1 aliphatic heterocycles. The molecule has 6 heteroatoms. The molecule has 0 radical (unpaired) electrons. The molecule has 1 aromatic heterocycles. The fraction of sp³-hybridized carbons (Fsp3) is 0.625. The van der Waals surface area contributed by atoms with Gasteiger partial charge in [-0.05, 0) is 36.6 Å². The van der Waals surface area contributed by atoms with E-state index in [0.29, 0.717) is 18.9 Å². The van der Waals surface area contributed by atoms with Crippen molar-refractivity contribution in [3.8, 4) is 0 Å². The molecule has 22 heavy (non-hydrogen) atoms. The second kappa shape index (κ2) is 8.29. The van der Waals surface area contributed by atoms with Crippen molar-refractivity contribution in [3.05, 3.63) is 22.4 Å². The number of piperidine rings is 1. The van der Waals surface area contributed by atoms with E-state index in [-0.39, 0.29) is 11.9 Å². The number of ether oxygens (including phenoxy) is 1. The first-order valence-corrected chi connectivity index (χ1v) is 8.64. The number of hydrogen-bond donors (Lipinski definition) is 1. The summed E-state index contributed by atoms with van der Waals surface area (Å²) in [6, 6.07) is 3.54. The zero-order chi connectivity index (χ0) is 15.9. The molecule has 0 aliphatic carbocycles. The molecule has 1 unspecified atom stereocenters. The third-order valence-electron chi connectivity index (χ3n) is 4.08. The van der Waals surface area contributed by atoms with Gasteiger partial charge in [-0.15, -0.1) is 11.3 Å². The maximum atomic E-state index is 12.4. The topological polar surface area (TPSA) is 72.6 Å². The van der Waals surface area contributed by atoms with E-state index in [1.807, 2.05) is 22.4 Å². The Bertz CT molecular complexity index is 482. The van der Waals surface area contributed by atoms with Gasteiger partial charge in [0.2, 0.25) is 5.91 Å². The lowest BCUT2D eigenvalue weighted by atomic mass is 9.93. The lowest BCUT2D eigenvalue weighted by Crippen LogP contribution is -2.48. The minimum absolute atomic E-state index is 0.0480. The molecule has 1 amide bonds. The second-order valence-electron chi connectivity index (χ2n) is 5.79. The van der Waals surface area contributed by atoms with Crippen molar-refractivity contribution in [2.45, 2.75) is 38.6 Å². The Labute approximate surface area is 135 Å². The smallest absolute Gasteiger partial charge is 0.302 e. The minimum Gasteiger partial charge on any atom is -0.466 e. The van der Waals surface area contributed by atoms with E-state index in [1.54, 1.807) is 11.3 Å². The first kappa shape index (κ1) is 17.0. The van der Waals surface area contributed by atoms with E-state index in [4.69, 9.17) is 10.5 Å². The van der Waals surface area contributed by atoms with E-state index in [9.17, 15) is 9.59 Å². The summed E-state index contributed by atoms with van der Waals surface area (Å²) in [4.78, 5) is 26.1. The minimum atomic E-state index is -0.448. The first-order chi connectivity index (χ1) is 10.6. The average Bonchev–Trinajstić information content (AvgIpc) is 3.00. The van der Waals surface area contributed by atoms with Gasteiger partial charge in [0.25, 0.3) is 0 Å². The van der Waals surface area contributed by atoms with Gasteiger partial charge in [-0.25, -0.2) is 0 Å². The van der Waals surface area contributed by atoms with Crippen molar-refractivity contribution in [2.24, 2.45) is 11.7 Å². The van der Waals surface area contributed by atoms with Crippen LogP contribution in [-0.2, 0) is 20.7 Å². The molecule has 1 fully saturated rings.